The van der Waals surface area contributed by atoms with Crippen LogP contribution in [0.4, 0.5) is 0 Å². The highest BCUT2D eigenvalue weighted by Gasteiger charge is 2.11. The van der Waals surface area contributed by atoms with Gasteiger partial charge in [-0.1, -0.05) is 11.6 Å². The molecule has 0 amide bonds. The van der Waals surface area contributed by atoms with E-state index in [2.05, 4.69) is 5.32 Å². The molecule has 0 aliphatic carbocycles. The standard InChI is InChI=1S/C13H17ClN2O3/c1-17-6-4-16-9-10-7-11(14)13(19-5-3-15)12(8-10)18-2/h7-8,16H,4-6,9H2,1-2H3. The van der Waals surface area contributed by atoms with E-state index in [1.165, 1.54) is 7.11 Å². The van der Waals surface area contributed by atoms with Crippen LogP contribution in [0.1, 0.15) is 5.56 Å². The summed E-state index contributed by atoms with van der Waals surface area (Å²) in [5, 5.41) is 12.2. The number of nitriles is 1. The van der Waals surface area contributed by atoms with E-state index in [4.69, 9.17) is 31.1 Å². The van der Waals surface area contributed by atoms with Gasteiger partial charge in [-0.3, -0.25) is 0 Å². The zero-order chi connectivity index (χ0) is 14.1. The first kappa shape index (κ1) is 15.6. The third-order valence-corrected chi connectivity index (χ3v) is 2.66. The molecule has 1 aromatic carbocycles. The van der Waals surface area contributed by atoms with E-state index in [1.807, 2.05) is 12.1 Å². The molecule has 19 heavy (non-hydrogen) atoms. The Morgan fingerprint density at radius 1 is 1.37 bits per heavy atom. The Balaban J connectivity index is 2.75. The van der Waals surface area contributed by atoms with Gasteiger partial charge >= 0.3 is 0 Å². The summed E-state index contributed by atoms with van der Waals surface area (Å²) in [5.41, 5.74) is 0.974. The average Bonchev–Trinajstić information content (AvgIpc) is 2.42. The van der Waals surface area contributed by atoms with Gasteiger partial charge in [-0.25, -0.2) is 0 Å². The van der Waals surface area contributed by atoms with Gasteiger partial charge < -0.3 is 19.5 Å². The quantitative estimate of drug-likeness (QED) is 0.740. The molecule has 0 unspecified atom stereocenters. The Hall–Kier alpha value is -1.48. The van der Waals surface area contributed by atoms with Gasteiger partial charge in [0, 0.05) is 20.2 Å². The maximum Gasteiger partial charge on any atom is 0.181 e. The van der Waals surface area contributed by atoms with Crippen molar-refractivity contribution in [3.63, 3.8) is 0 Å². The van der Waals surface area contributed by atoms with Crippen LogP contribution in [0.3, 0.4) is 0 Å². The number of hydrogen-bond acceptors (Lipinski definition) is 5. The minimum atomic E-state index is -0.0679. The molecule has 0 radical (unpaired) electrons. The Bertz CT molecular complexity index is 446. The summed E-state index contributed by atoms with van der Waals surface area (Å²) >= 11 is 6.12. The maximum atomic E-state index is 8.52. The van der Waals surface area contributed by atoms with E-state index in [-0.39, 0.29) is 6.61 Å². The Morgan fingerprint density at radius 2 is 2.16 bits per heavy atom. The molecule has 0 aromatic heterocycles. The van der Waals surface area contributed by atoms with Gasteiger partial charge in [0.1, 0.15) is 6.07 Å². The van der Waals surface area contributed by atoms with Crippen molar-refractivity contribution in [1.29, 1.82) is 5.26 Å². The van der Waals surface area contributed by atoms with Crippen molar-refractivity contribution in [3.8, 4) is 17.6 Å². The van der Waals surface area contributed by atoms with Gasteiger partial charge in [0.05, 0.1) is 18.7 Å². The summed E-state index contributed by atoms with van der Waals surface area (Å²) in [6, 6.07) is 5.52. The summed E-state index contributed by atoms with van der Waals surface area (Å²) in [5.74, 6) is 0.914. The molecule has 0 aliphatic rings. The molecule has 0 saturated heterocycles. The molecular formula is C13H17ClN2O3. The average molecular weight is 285 g/mol. The van der Waals surface area contributed by atoms with Crippen LogP contribution in [0.15, 0.2) is 12.1 Å². The van der Waals surface area contributed by atoms with Crippen LogP contribution in [0.2, 0.25) is 5.02 Å². The van der Waals surface area contributed by atoms with Crippen molar-refractivity contribution in [2.45, 2.75) is 6.54 Å². The molecule has 1 N–H and O–H groups in total. The second kappa shape index (κ2) is 8.59. The fourth-order valence-electron chi connectivity index (χ4n) is 1.53. The molecule has 1 aromatic rings. The number of halogens is 1. The highest BCUT2D eigenvalue weighted by molar-refractivity contribution is 6.32. The molecule has 0 spiro atoms. The van der Waals surface area contributed by atoms with Gasteiger partial charge in [-0.15, -0.1) is 0 Å². The number of ether oxygens (including phenoxy) is 3. The van der Waals surface area contributed by atoms with Crippen molar-refractivity contribution >= 4 is 11.6 Å². The Morgan fingerprint density at radius 3 is 2.79 bits per heavy atom. The van der Waals surface area contributed by atoms with Crippen molar-refractivity contribution < 1.29 is 14.2 Å². The van der Waals surface area contributed by atoms with E-state index in [0.29, 0.717) is 29.7 Å². The van der Waals surface area contributed by atoms with Crippen LogP contribution in [0.25, 0.3) is 0 Å². The van der Waals surface area contributed by atoms with E-state index in [1.54, 1.807) is 13.2 Å². The molecule has 5 nitrogen and oxygen atoms in total. The highest BCUT2D eigenvalue weighted by Crippen LogP contribution is 2.36. The Labute approximate surface area is 118 Å². The first-order valence-electron chi connectivity index (χ1n) is 5.78. The highest BCUT2D eigenvalue weighted by atomic mass is 35.5. The lowest BCUT2D eigenvalue weighted by Crippen LogP contribution is -2.18. The van der Waals surface area contributed by atoms with E-state index in [9.17, 15) is 0 Å². The summed E-state index contributed by atoms with van der Waals surface area (Å²) in [6.07, 6.45) is 0. The van der Waals surface area contributed by atoms with E-state index in [0.717, 1.165) is 12.1 Å². The molecule has 6 heteroatoms. The van der Waals surface area contributed by atoms with Crippen LogP contribution in [-0.4, -0.2) is 34.0 Å². The first-order valence-corrected chi connectivity index (χ1v) is 6.16. The molecular weight excluding hydrogens is 268 g/mol. The van der Waals surface area contributed by atoms with Crippen LogP contribution < -0.4 is 14.8 Å². The minimum Gasteiger partial charge on any atom is -0.493 e. The van der Waals surface area contributed by atoms with E-state index < -0.39 is 0 Å². The number of benzene rings is 1. The molecule has 0 bridgehead atoms. The number of methoxy groups -OCH3 is 2. The number of rotatable bonds is 8. The molecule has 0 heterocycles. The van der Waals surface area contributed by atoms with Gasteiger partial charge in [-0.2, -0.15) is 5.26 Å². The zero-order valence-electron chi connectivity index (χ0n) is 11.0. The second-order valence-electron chi connectivity index (χ2n) is 3.73. The fourth-order valence-corrected chi connectivity index (χ4v) is 1.81. The van der Waals surface area contributed by atoms with Crippen molar-refractivity contribution in [1.82, 2.24) is 5.32 Å². The third-order valence-electron chi connectivity index (χ3n) is 2.38. The summed E-state index contributed by atoms with van der Waals surface area (Å²) in [6.45, 7) is 1.98. The molecule has 104 valence electrons. The van der Waals surface area contributed by atoms with Gasteiger partial charge in [0.25, 0.3) is 0 Å². The molecule has 0 fully saturated rings. The lowest BCUT2D eigenvalue weighted by atomic mass is 10.2. The maximum absolute atomic E-state index is 8.52. The predicted octanol–water partition coefficient (Wildman–Crippen LogP) is 1.99. The smallest absolute Gasteiger partial charge is 0.181 e. The SMILES string of the molecule is COCCNCc1cc(Cl)c(OCC#N)c(OC)c1. The molecule has 0 atom stereocenters. The van der Waals surface area contributed by atoms with E-state index >= 15 is 0 Å². The van der Waals surface area contributed by atoms with Gasteiger partial charge in [-0.05, 0) is 17.7 Å². The second-order valence-corrected chi connectivity index (χ2v) is 4.13. The van der Waals surface area contributed by atoms with Crippen molar-refractivity contribution in [2.24, 2.45) is 0 Å². The molecule has 1 rings (SSSR count). The number of hydrogen-bond donors (Lipinski definition) is 1. The lowest BCUT2D eigenvalue weighted by molar-refractivity contribution is 0.199. The summed E-state index contributed by atoms with van der Waals surface area (Å²) < 4.78 is 15.4. The summed E-state index contributed by atoms with van der Waals surface area (Å²) in [7, 11) is 3.19. The minimum absolute atomic E-state index is 0.0679. The lowest BCUT2D eigenvalue weighted by Gasteiger charge is -2.13. The van der Waals surface area contributed by atoms with Gasteiger partial charge in [0.2, 0.25) is 0 Å². The summed E-state index contributed by atoms with van der Waals surface area (Å²) in [4.78, 5) is 0. The Kier molecular flexibility index (Phi) is 7.04. The fraction of sp³-hybridized carbons (Fsp3) is 0.462. The largest absolute Gasteiger partial charge is 0.493 e. The van der Waals surface area contributed by atoms with Crippen molar-refractivity contribution in [3.05, 3.63) is 22.7 Å². The van der Waals surface area contributed by atoms with Crippen molar-refractivity contribution in [2.75, 3.05) is 34.0 Å². The predicted molar refractivity (Wildman–Crippen MR) is 72.7 cm³/mol. The molecule has 0 aliphatic heterocycles. The van der Waals surface area contributed by atoms with Gasteiger partial charge in [0.15, 0.2) is 18.1 Å². The zero-order valence-corrected chi connectivity index (χ0v) is 11.8. The monoisotopic (exact) mass is 284 g/mol. The number of nitrogens with one attached hydrogen (secondary N) is 1. The first-order chi connectivity index (χ1) is 9.22. The number of nitrogens with zero attached hydrogens (tertiary/aromatic N) is 1. The van der Waals surface area contributed by atoms with Crippen LogP contribution >= 0.6 is 11.6 Å². The van der Waals surface area contributed by atoms with Crippen LogP contribution in [-0.2, 0) is 11.3 Å². The molecule has 0 saturated carbocycles. The topological polar surface area (TPSA) is 63.5 Å². The normalized spacial score (nSPS) is 10.0. The van der Waals surface area contributed by atoms with Crippen LogP contribution in [0.5, 0.6) is 11.5 Å². The third kappa shape index (κ3) is 4.95. The van der Waals surface area contributed by atoms with Crippen LogP contribution in [0, 0.1) is 11.3 Å².